The molecule has 0 saturated carbocycles. The summed E-state index contributed by atoms with van der Waals surface area (Å²) >= 11 is 6.94. The molecule has 1 aromatic carbocycles. The van der Waals surface area contributed by atoms with E-state index in [1.165, 1.54) is 11.8 Å². The molecule has 1 N–H and O–H groups in total. The maximum Gasteiger partial charge on any atom is 0.251 e. The van der Waals surface area contributed by atoms with Crippen molar-refractivity contribution in [2.45, 2.75) is 18.3 Å². The van der Waals surface area contributed by atoms with Crippen LogP contribution in [0.3, 0.4) is 0 Å². The first-order chi connectivity index (χ1) is 8.20. The third-order valence-corrected chi connectivity index (χ3v) is 3.93. The molecule has 17 heavy (non-hydrogen) atoms. The van der Waals surface area contributed by atoms with Crippen LogP contribution in [0.1, 0.15) is 22.3 Å². The van der Waals surface area contributed by atoms with Gasteiger partial charge in [-0.25, -0.2) is 0 Å². The van der Waals surface area contributed by atoms with Crippen molar-refractivity contribution in [1.29, 1.82) is 0 Å². The van der Waals surface area contributed by atoms with Gasteiger partial charge in [0, 0.05) is 17.2 Å². The van der Waals surface area contributed by atoms with Crippen molar-refractivity contribution in [2.75, 3.05) is 5.75 Å². The summed E-state index contributed by atoms with van der Waals surface area (Å²) in [6, 6.07) is 6.74. The summed E-state index contributed by atoms with van der Waals surface area (Å²) in [5.74, 6) is 1.02. The van der Waals surface area contributed by atoms with Crippen molar-refractivity contribution in [3.8, 4) is 0 Å². The van der Waals surface area contributed by atoms with Crippen LogP contribution < -0.4 is 5.32 Å². The van der Waals surface area contributed by atoms with E-state index in [-0.39, 0.29) is 17.1 Å². The van der Waals surface area contributed by atoms with Crippen molar-refractivity contribution in [3.63, 3.8) is 0 Å². The third-order valence-electron chi connectivity index (χ3n) is 2.61. The molecule has 1 aromatic rings. The van der Waals surface area contributed by atoms with Gasteiger partial charge in [-0.3, -0.25) is 9.59 Å². The number of nitrogens with one attached hydrogen (secondary N) is 1. The third kappa shape index (κ3) is 3.01. The van der Waals surface area contributed by atoms with E-state index in [1.807, 2.05) is 12.1 Å². The summed E-state index contributed by atoms with van der Waals surface area (Å²) in [4.78, 5) is 23.2. The Morgan fingerprint density at radius 3 is 2.65 bits per heavy atom. The highest BCUT2D eigenvalue weighted by molar-refractivity contribution is 8.14. The maximum atomic E-state index is 11.8. The second kappa shape index (κ2) is 5.56. The normalized spacial score (nSPS) is 19.4. The van der Waals surface area contributed by atoms with Gasteiger partial charge >= 0.3 is 0 Å². The largest absolute Gasteiger partial charge is 0.341 e. The standard InChI is InChI=1S/C12H12ClNO2S/c13-7-8-1-3-9(4-2-8)11(15)14-10-5-6-17-12(10)16/h1-4,10H,5-7H2,(H,14,15). The molecule has 0 radical (unpaired) electrons. The lowest BCUT2D eigenvalue weighted by molar-refractivity contribution is -0.112. The van der Waals surface area contributed by atoms with Crippen LogP contribution in [-0.2, 0) is 10.7 Å². The van der Waals surface area contributed by atoms with E-state index < -0.39 is 0 Å². The van der Waals surface area contributed by atoms with Crippen molar-refractivity contribution in [2.24, 2.45) is 0 Å². The fourth-order valence-electron chi connectivity index (χ4n) is 1.61. The molecule has 0 aliphatic carbocycles. The molecular weight excluding hydrogens is 258 g/mol. The summed E-state index contributed by atoms with van der Waals surface area (Å²) in [5, 5.41) is 2.79. The minimum atomic E-state index is -0.333. The summed E-state index contributed by atoms with van der Waals surface area (Å²) in [7, 11) is 0. The monoisotopic (exact) mass is 269 g/mol. The first kappa shape index (κ1) is 12.5. The minimum absolute atomic E-state index is 0.0516. The zero-order chi connectivity index (χ0) is 12.3. The Hall–Kier alpha value is -1.00. The van der Waals surface area contributed by atoms with E-state index in [4.69, 9.17) is 11.6 Å². The summed E-state index contributed by atoms with van der Waals surface area (Å²) in [6.07, 6.45) is 0.717. The predicted octanol–water partition coefficient (Wildman–Crippen LogP) is 2.19. The number of thioether (sulfide) groups is 1. The molecule has 0 aromatic heterocycles. The van der Waals surface area contributed by atoms with E-state index in [9.17, 15) is 9.59 Å². The lowest BCUT2D eigenvalue weighted by Gasteiger charge is -2.10. The highest BCUT2D eigenvalue weighted by Gasteiger charge is 2.26. The SMILES string of the molecule is O=C(NC1CCSC1=O)c1ccc(CCl)cc1. The number of hydrogen-bond acceptors (Lipinski definition) is 3. The molecule has 2 rings (SSSR count). The molecule has 0 spiro atoms. The van der Waals surface area contributed by atoms with Crippen molar-refractivity contribution in [1.82, 2.24) is 5.32 Å². The molecule has 0 bridgehead atoms. The van der Waals surface area contributed by atoms with Crippen LogP contribution >= 0.6 is 23.4 Å². The molecule has 1 atom stereocenters. The van der Waals surface area contributed by atoms with Gasteiger partial charge in [-0.05, 0) is 24.1 Å². The Morgan fingerprint density at radius 2 is 2.12 bits per heavy atom. The summed E-state index contributed by atoms with van der Waals surface area (Å²) in [6.45, 7) is 0. The Balaban J connectivity index is 2.01. The Morgan fingerprint density at radius 1 is 1.41 bits per heavy atom. The smallest absolute Gasteiger partial charge is 0.251 e. The Kier molecular flexibility index (Phi) is 4.07. The number of alkyl halides is 1. The lowest BCUT2D eigenvalue weighted by Crippen LogP contribution is -2.37. The van der Waals surface area contributed by atoms with Crippen LogP contribution in [0.5, 0.6) is 0 Å². The zero-order valence-corrected chi connectivity index (χ0v) is 10.7. The summed E-state index contributed by atoms with van der Waals surface area (Å²) < 4.78 is 0. The first-order valence-corrected chi connectivity index (χ1v) is 6.85. The van der Waals surface area contributed by atoms with Crippen LogP contribution in [0, 0.1) is 0 Å². The first-order valence-electron chi connectivity index (χ1n) is 5.33. The molecule has 1 unspecified atom stereocenters. The van der Waals surface area contributed by atoms with Gasteiger partial charge in [0.1, 0.15) is 0 Å². The van der Waals surface area contributed by atoms with Gasteiger partial charge in [0.05, 0.1) is 6.04 Å². The topological polar surface area (TPSA) is 46.2 Å². The minimum Gasteiger partial charge on any atom is -0.341 e. The molecule has 90 valence electrons. The van der Waals surface area contributed by atoms with Gasteiger partial charge in [0.25, 0.3) is 5.91 Å². The highest BCUT2D eigenvalue weighted by Crippen LogP contribution is 2.19. The molecule has 1 saturated heterocycles. The number of benzene rings is 1. The molecule has 1 aliphatic heterocycles. The van der Waals surface area contributed by atoms with Gasteiger partial charge in [0.2, 0.25) is 5.12 Å². The number of carbonyl (C=O) groups is 2. The number of rotatable bonds is 3. The zero-order valence-electron chi connectivity index (χ0n) is 9.11. The second-order valence-corrected chi connectivity index (χ2v) is 5.18. The van der Waals surface area contributed by atoms with Gasteiger partial charge in [-0.1, -0.05) is 23.9 Å². The van der Waals surface area contributed by atoms with Crippen LogP contribution in [-0.4, -0.2) is 22.8 Å². The average Bonchev–Trinajstić information content (AvgIpc) is 2.75. The quantitative estimate of drug-likeness (QED) is 0.856. The molecule has 3 nitrogen and oxygen atoms in total. The predicted molar refractivity (Wildman–Crippen MR) is 69.3 cm³/mol. The van der Waals surface area contributed by atoms with Gasteiger partial charge in [-0.15, -0.1) is 11.6 Å². The number of hydrogen-bond donors (Lipinski definition) is 1. The van der Waals surface area contributed by atoms with Gasteiger partial charge in [0.15, 0.2) is 0 Å². The number of halogens is 1. The van der Waals surface area contributed by atoms with Crippen LogP contribution in [0.4, 0.5) is 0 Å². The van der Waals surface area contributed by atoms with Crippen LogP contribution in [0.25, 0.3) is 0 Å². The van der Waals surface area contributed by atoms with Crippen molar-refractivity contribution >= 4 is 34.4 Å². The molecule has 1 fully saturated rings. The molecule has 1 heterocycles. The van der Waals surface area contributed by atoms with E-state index >= 15 is 0 Å². The molecule has 1 aliphatic rings. The lowest BCUT2D eigenvalue weighted by atomic mass is 10.1. The van der Waals surface area contributed by atoms with Crippen LogP contribution in [0.15, 0.2) is 24.3 Å². The molecule has 1 amide bonds. The molecule has 5 heteroatoms. The Bertz CT molecular complexity index is 433. The Labute approximate surface area is 109 Å². The maximum absolute atomic E-state index is 11.8. The van der Waals surface area contributed by atoms with E-state index in [0.29, 0.717) is 11.4 Å². The van der Waals surface area contributed by atoms with Gasteiger partial charge in [-0.2, -0.15) is 0 Å². The van der Waals surface area contributed by atoms with Crippen molar-refractivity contribution < 1.29 is 9.59 Å². The fourth-order valence-corrected chi connectivity index (χ4v) is 2.72. The van der Waals surface area contributed by atoms with E-state index in [0.717, 1.165) is 17.7 Å². The summed E-state index contributed by atoms with van der Waals surface area (Å²) in [5.41, 5.74) is 1.53. The van der Waals surface area contributed by atoms with Crippen LogP contribution in [0.2, 0.25) is 0 Å². The second-order valence-electron chi connectivity index (χ2n) is 3.81. The van der Waals surface area contributed by atoms with E-state index in [1.54, 1.807) is 12.1 Å². The molecular formula is C12H12ClNO2S. The van der Waals surface area contributed by atoms with E-state index in [2.05, 4.69) is 5.32 Å². The average molecular weight is 270 g/mol. The van der Waals surface area contributed by atoms with Gasteiger partial charge < -0.3 is 5.32 Å². The fraction of sp³-hybridized carbons (Fsp3) is 0.333. The number of carbonyl (C=O) groups excluding carboxylic acids is 2. The van der Waals surface area contributed by atoms with Crippen molar-refractivity contribution in [3.05, 3.63) is 35.4 Å². The highest BCUT2D eigenvalue weighted by atomic mass is 35.5. The number of amides is 1.